The number of carboxylic acid groups (broad SMARTS) is 3. The van der Waals surface area contributed by atoms with Crippen molar-refractivity contribution in [1.82, 2.24) is 14.7 Å². The average Bonchev–Trinajstić information content (AvgIpc) is 2.70. The van der Waals surface area contributed by atoms with E-state index in [1.165, 1.54) is 12.8 Å². The van der Waals surface area contributed by atoms with Crippen molar-refractivity contribution in [2.45, 2.75) is 59.0 Å². The summed E-state index contributed by atoms with van der Waals surface area (Å²) >= 11 is 0. The summed E-state index contributed by atoms with van der Waals surface area (Å²) in [7, 11) is 8.41. The maximum atomic E-state index is 10.2. The van der Waals surface area contributed by atoms with Gasteiger partial charge < -0.3 is 35.1 Å². The molecule has 0 radical (unpaired) electrons. The highest BCUT2D eigenvalue weighted by Gasteiger charge is 2.12. The van der Waals surface area contributed by atoms with Crippen LogP contribution in [-0.2, 0) is 19.2 Å². The van der Waals surface area contributed by atoms with Crippen molar-refractivity contribution in [2.24, 2.45) is 5.92 Å². The monoisotopic (exact) mass is 493 g/mol. The predicted molar refractivity (Wildman–Crippen MR) is 131 cm³/mol. The van der Waals surface area contributed by atoms with Crippen LogP contribution in [0.15, 0.2) is 0 Å². The third kappa shape index (κ3) is 29.9. The molecule has 0 aromatic carbocycles. The molecule has 0 saturated heterocycles. The van der Waals surface area contributed by atoms with Crippen LogP contribution in [0.2, 0.25) is 0 Å². The molecule has 0 heterocycles. The molecule has 0 saturated carbocycles. The van der Waals surface area contributed by atoms with Crippen LogP contribution >= 0.6 is 0 Å². The molecule has 2 unspecified atom stereocenters. The Hall–Kier alpha value is -2.08. The van der Waals surface area contributed by atoms with Gasteiger partial charge >= 0.3 is 17.9 Å². The highest BCUT2D eigenvalue weighted by atomic mass is 16.4. The number of carboxylic acids is 3. The van der Waals surface area contributed by atoms with Gasteiger partial charge in [0.15, 0.2) is 0 Å². The summed E-state index contributed by atoms with van der Waals surface area (Å²) in [5, 5.41) is 33.6. The zero-order valence-electron chi connectivity index (χ0n) is 22.0. The van der Waals surface area contributed by atoms with Crippen molar-refractivity contribution in [1.29, 1.82) is 0 Å². The van der Waals surface area contributed by atoms with Crippen molar-refractivity contribution in [3.8, 4) is 0 Å². The van der Waals surface area contributed by atoms with Crippen molar-refractivity contribution < 1.29 is 39.6 Å². The highest BCUT2D eigenvalue weighted by molar-refractivity contribution is 6.32. The fraction of sp³-hybridized carbons (Fsp3) is 0.826. The van der Waals surface area contributed by atoms with E-state index in [0.29, 0.717) is 0 Å². The lowest BCUT2D eigenvalue weighted by molar-refractivity contribution is -0.149. The summed E-state index contributed by atoms with van der Waals surface area (Å²) in [4.78, 5) is 46.5. The minimum Gasteiger partial charge on any atom is -0.481 e. The van der Waals surface area contributed by atoms with Crippen LogP contribution in [-0.4, -0.2) is 126 Å². The van der Waals surface area contributed by atoms with E-state index in [4.69, 9.17) is 15.3 Å². The molecule has 0 aliphatic rings. The van der Waals surface area contributed by atoms with Crippen molar-refractivity contribution >= 4 is 23.7 Å². The van der Waals surface area contributed by atoms with E-state index in [-0.39, 0.29) is 12.0 Å². The molecule has 0 aliphatic heterocycles. The van der Waals surface area contributed by atoms with Crippen LogP contribution < -0.4 is 0 Å². The number of rotatable bonds is 16. The Balaban J connectivity index is -0.000000477. The Bertz CT molecular complexity index is 554. The van der Waals surface area contributed by atoms with Crippen LogP contribution in [0.3, 0.4) is 0 Å². The van der Waals surface area contributed by atoms with Crippen LogP contribution in [0.25, 0.3) is 0 Å². The summed E-state index contributed by atoms with van der Waals surface area (Å²) in [6, 6.07) is 0. The molecular weight excluding hydrogens is 446 g/mol. The number of nitrogens with zero attached hydrogens (tertiary/aromatic N) is 3. The van der Waals surface area contributed by atoms with E-state index in [9.17, 15) is 24.3 Å². The summed E-state index contributed by atoms with van der Waals surface area (Å²) in [5.74, 6) is -4.71. The molecule has 2 atom stereocenters. The first-order chi connectivity index (χ1) is 15.6. The molecule has 0 aliphatic carbocycles. The average molecular weight is 494 g/mol. The largest absolute Gasteiger partial charge is 0.481 e. The van der Waals surface area contributed by atoms with E-state index in [2.05, 4.69) is 42.9 Å². The zero-order chi connectivity index (χ0) is 27.3. The van der Waals surface area contributed by atoms with Crippen LogP contribution in [0.1, 0.15) is 52.9 Å². The molecule has 4 N–H and O–H groups in total. The Labute approximate surface area is 204 Å². The molecule has 0 aromatic rings. The van der Waals surface area contributed by atoms with Gasteiger partial charge in [0.05, 0.1) is 18.4 Å². The molecule has 0 spiro atoms. The van der Waals surface area contributed by atoms with Crippen LogP contribution in [0, 0.1) is 5.92 Å². The van der Waals surface area contributed by atoms with E-state index in [1.54, 1.807) is 6.92 Å². The van der Waals surface area contributed by atoms with Gasteiger partial charge in [-0.3, -0.25) is 14.4 Å². The van der Waals surface area contributed by atoms with Gasteiger partial charge in [-0.15, -0.1) is 0 Å². The number of carbonyl (C=O) groups excluding carboxylic acids is 1. The smallest absolute Gasteiger partial charge is 0.372 e. The number of aliphatic hydroxyl groups excluding tert-OH is 1. The second kappa shape index (κ2) is 22.7. The van der Waals surface area contributed by atoms with Gasteiger partial charge in [-0.05, 0) is 80.6 Å². The molecular formula is C23H47N3O8. The van der Waals surface area contributed by atoms with Crippen molar-refractivity contribution in [3.63, 3.8) is 0 Å². The normalized spacial score (nSPS) is 12.3. The fourth-order valence-electron chi connectivity index (χ4n) is 2.39. The molecule has 11 heteroatoms. The number of ketones is 1. The minimum absolute atomic E-state index is 0.181. The number of carbonyl (C=O) groups is 4. The standard InChI is InChI=1S/C13H31N3O.C5H6O5.C5H10O2/c1-13(17)12-16(10-6-8-14(2)3)11-7-9-15(4)5;6-3(5(9)10)1-2-4(7)8;1-3-4(2)5(6)7/h13,17H,6-12H2,1-5H3;1-2H2,(H,7,8)(H,9,10);4H,3H2,1-2H3,(H,6,7). The second-order valence-corrected chi connectivity index (χ2v) is 8.73. The Morgan fingerprint density at radius 1 is 0.765 bits per heavy atom. The zero-order valence-corrected chi connectivity index (χ0v) is 22.0. The topological polar surface area (TPSA) is 159 Å². The molecule has 0 amide bonds. The SMILES string of the molecule is CC(O)CN(CCCN(C)C)CCCN(C)C.CCC(C)C(=O)O.O=C(O)CCC(=O)C(=O)O. The van der Waals surface area contributed by atoms with E-state index in [0.717, 1.165) is 39.1 Å². The Morgan fingerprint density at radius 2 is 1.21 bits per heavy atom. The second-order valence-electron chi connectivity index (χ2n) is 8.73. The van der Waals surface area contributed by atoms with Gasteiger partial charge in [-0.2, -0.15) is 0 Å². The van der Waals surface area contributed by atoms with Gasteiger partial charge in [0.2, 0.25) is 5.78 Å². The summed E-state index contributed by atoms with van der Waals surface area (Å²) < 4.78 is 0. The summed E-state index contributed by atoms with van der Waals surface area (Å²) in [6.45, 7) is 10.6. The fourth-order valence-corrected chi connectivity index (χ4v) is 2.39. The first kappa shape index (κ1) is 36.5. The lowest BCUT2D eigenvalue weighted by atomic mass is 10.1. The number of hydrogen-bond donors (Lipinski definition) is 4. The molecule has 0 aromatic heterocycles. The first-order valence-electron chi connectivity index (χ1n) is 11.5. The predicted octanol–water partition coefficient (Wildman–Crippen LogP) is 1.19. The molecule has 0 rings (SSSR count). The van der Waals surface area contributed by atoms with E-state index >= 15 is 0 Å². The molecule has 202 valence electrons. The molecule has 0 bridgehead atoms. The van der Waals surface area contributed by atoms with Crippen molar-refractivity contribution in [3.05, 3.63) is 0 Å². The van der Waals surface area contributed by atoms with E-state index in [1.807, 2.05) is 13.8 Å². The molecule has 11 nitrogen and oxygen atoms in total. The maximum absolute atomic E-state index is 10.2. The third-order valence-electron chi connectivity index (χ3n) is 4.52. The van der Waals surface area contributed by atoms with Crippen LogP contribution in [0.5, 0.6) is 0 Å². The Morgan fingerprint density at radius 3 is 1.44 bits per heavy atom. The quantitative estimate of drug-likeness (QED) is 0.229. The van der Waals surface area contributed by atoms with E-state index < -0.39 is 36.5 Å². The van der Waals surface area contributed by atoms with Gasteiger partial charge in [0.1, 0.15) is 0 Å². The number of aliphatic hydroxyl groups is 1. The Kier molecular flexibility index (Phi) is 24.4. The van der Waals surface area contributed by atoms with Crippen LogP contribution in [0.4, 0.5) is 0 Å². The number of hydrogen-bond acceptors (Lipinski definition) is 8. The number of Topliss-reactive ketones (excluding diaryl/α,β-unsaturated/α-hetero) is 1. The highest BCUT2D eigenvalue weighted by Crippen LogP contribution is 1.99. The first-order valence-corrected chi connectivity index (χ1v) is 11.5. The lowest BCUT2D eigenvalue weighted by Gasteiger charge is -2.25. The molecule has 0 fully saturated rings. The summed E-state index contributed by atoms with van der Waals surface area (Å²) in [5.41, 5.74) is 0. The van der Waals surface area contributed by atoms with Gasteiger partial charge in [-0.25, -0.2) is 4.79 Å². The minimum atomic E-state index is -1.58. The third-order valence-corrected chi connectivity index (χ3v) is 4.52. The van der Waals surface area contributed by atoms with Gasteiger partial charge in [-0.1, -0.05) is 13.8 Å². The maximum Gasteiger partial charge on any atom is 0.372 e. The van der Waals surface area contributed by atoms with Gasteiger partial charge in [0.25, 0.3) is 0 Å². The lowest BCUT2D eigenvalue weighted by Crippen LogP contribution is -2.35. The number of aliphatic carboxylic acids is 3. The summed E-state index contributed by atoms with van der Waals surface area (Å²) in [6.07, 6.45) is 1.96. The molecule has 34 heavy (non-hydrogen) atoms. The van der Waals surface area contributed by atoms with Crippen molar-refractivity contribution in [2.75, 3.05) is 60.9 Å². The van der Waals surface area contributed by atoms with Gasteiger partial charge in [0, 0.05) is 13.0 Å².